The molecular formula is C14H22N4O2. The standard InChI is InChI=1S/C14H22N4O2/c1-15-14(19)12-5-3-4-6-18(12)9-11-7-16-13(10-20-2)17-8-11/h7-8,12H,3-6,9-10H2,1-2H3,(H,15,19). The van der Waals surface area contributed by atoms with Gasteiger partial charge in [-0.1, -0.05) is 6.42 Å². The van der Waals surface area contributed by atoms with Gasteiger partial charge in [-0.2, -0.15) is 0 Å². The number of rotatable bonds is 5. The van der Waals surface area contributed by atoms with Crippen LogP contribution in [0.2, 0.25) is 0 Å². The maximum absolute atomic E-state index is 11.9. The number of likely N-dealkylation sites (N-methyl/N-ethyl adjacent to an activating group) is 1. The number of hydrogen-bond acceptors (Lipinski definition) is 5. The molecule has 6 nitrogen and oxygen atoms in total. The maximum atomic E-state index is 11.9. The van der Waals surface area contributed by atoms with E-state index >= 15 is 0 Å². The SMILES string of the molecule is CNC(=O)C1CCCCN1Cc1cnc(COC)nc1. The van der Waals surface area contributed by atoms with E-state index in [4.69, 9.17) is 4.74 Å². The van der Waals surface area contributed by atoms with Crippen molar-refractivity contribution in [2.24, 2.45) is 0 Å². The lowest BCUT2D eigenvalue weighted by atomic mass is 10.0. The third-order valence-electron chi connectivity index (χ3n) is 3.58. The fourth-order valence-electron chi connectivity index (χ4n) is 2.55. The zero-order valence-electron chi connectivity index (χ0n) is 12.1. The minimum atomic E-state index is -0.0348. The summed E-state index contributed by atoms with van der Waals surface area (Å²) in [5, 5.41) is 2.75. The molecule has 2 heterocycles. The summed E-state index contributed by atoms with van der Waals surface area (Å²) in [7, 11) is 3.32. The molecule has 1 aromatic rings. The van der Waals surface area contributed by atoms with Crippen molar-refractivity contribution >= 4 is 5.91 Å². The molecule has 1 saturated heterocycles. The Morgan fingerprint density at radius 1 is 1.45 bits per heavy atom. The number of amides is 1. The molecule has 1 unspecified atom stereocenters. The minimum Gasteiger partial charge on any atom is -0.377 e. The lowest BCUT2D eigenvalue weighted by molar-refractivity contribution is -0.127. The molecule has 1 amide bonds. The number of hydrogen-bond donors (Lipinski definition) is 1. The molecule has 1 atom stereocenters. The monoisotopic (exact) mass is 278 g/mol. The van der Waals surface area contributed by atoms with E-state index in [1.54, 1.807) is 14.2 Å². The quantitative estimate of drug-likeness (QED) is 0.860. The zero-order valence-corrected chi connectivity index (χ0v) is 12.1. The van der Waals surface area contributed by atoms with Gasteiger partial charge in [0.05, 0.1) is 6.04 Å². The van der Waals surface area contributed by atoms with E-state index in [1.165, 1.54) is 0 Å². The van der Waals surface area contributed by atoms with Crippen LogP contribution in [0.15, 0.2) is 12.4 Å². The van der Waals surface area contributed by atoms with E-state index in [9.17, 15) is 4.79 Å². The fourth-order valence-corrected chi connectivity index (χ4v) is 2.55. The Hall–Kier alpha value is -1.53. The van der Waals surface area contributed by atoms with Crippen LogP contribution in [-0.4, -0.2) is 47.5 Å². The van der Waals surface area contributed by atoms with Gasteiger partial charge in [0.25, 0.3) is 0 Å². The number of nitrogens with one attached hydrogen (secondary N) is 1. The number of piperidine rings is 1. The lowest BCUT2D eigenvalue weighted by Crippen LogP contribution is -2.48. The predicted octanol–water partition coefficient (Wildman–Crippen LogP) is 0.723. The van der Waals surface area contributed by atoms with Gasteiger partial charge in [0.15, 0.2) is 5.82 Å². The number of carbonyl (C=O) groups is 1. The Kier molecular flexibility index (Phi) is 5.43. The van der Waals surface area contributed by atoms with E-state index in [0.717, 1.165) is 31.4 Å². The van der Waals surface area contributed by atoms with E-state index in [0.29, 0.717) is 19.0 Å². The second-order valence-electron chi connectivity index (χ2n) is 5.04. The van der Waals surface area contributed by atoms with Crippen LogP contribution in [0, 0.1) is 0 Å². The maximum Gasteiger partial charge on any atom is 0.237 e. The highest BCUT2D eigenvalue weighted by atomic mass is 16.5. The molecule has 20 heavy (non-hydrogen) atoms. The number of aromatic nitrogens is 2. The van der Waals surface area contributed by atoms with Crippen LogP contribution < -0.4 is 5.32 Å². The number of nitrogens with zero attached hydrogens (tertiary/aromatic N) is 3. The van der Waals surface area contributed by atoms with E-state index in [2.05, 4.69) is 20.2 Å². The minimum absolute atomic E-state index is 0.0348. The Morgan fingerprint density at radius 3 is 2.85 bits per heavy atom. The fraction of sp³-hybridized carbons (Fsp3) is 0.643. The Bertz CT molecular complexity index is 435. The van der Waals surface area contributed by atoms with Gasteiger partial charge in [0.1, 0.15) is 6.61 Å². The molecule has 6 heteroatoms. The molecule has 0 spiro atoms. The number of methoxy groups -OCH3 is 1. The number of likely N-dealkylation sites (tertiary alicyclic amines) is 1. The molecule has 0 aliphatic carbocycles. The van der Waals surface area contributed by atoms with E-state index in [1.807, 2.05) is 12.4 Å². The molecule has 1 N–H and O–H groups in total. The average Bonchev–Trinajstić information content (AvgIpc) is 2.49. The summed E-state index contributed by atoms with van der Waals surface area (Å²) in [4.78, 5) is 22.6. The first-order valence-electron chi connectivity index (χ1n) is 6.99. The summed E-state index contributed by atoms with van der Waals surface area (Å²) >= 11 is 0. The average molecular weight is 278 g/mol. The highest BCUT2D eigenvalue weighted by Gasteiger charge is 2.27. The molecular weight excluding hydrogens is 256 g/mol. The summed E-state index contributed by atoms with van der Waals surface area (Å²) in [6, 6.07) is -0.0348. The van der Waals surface area contributed by atoms with Gasteiger partial charge < -0.3 is 10.1 Å². The van der Waals surface area contributed by atoms with Gasteiger partial charge in [-0.05, 0) is 19.4 Å². The Balaban J connectivity index is 2.00. The van der Waals surface area contributed by atoms with Crippen LogP contribution in [0.1, 0.15) is 30.7 Å². The summed E-state index contributed by atoms with van der Waals surface area (Å²) < 4.78 is 4.99. The number of carbonyl (C=O) groups excluding carboxylic acids is 1. The molecule has 0 saturated carbocycles. The van der Waals surface area contributed by atoms with Gasteiger partial charge in [0, 0.05) is 38.7 Å². The smallest absolute Gasteiger partial charge is 0.237 e. The van der Waals surface area contributed by atoms with Crippen LogP contribution in [0.3, 0.4) is 0 Å². The van der Waals surface area contributed by atoms with Crippen molar-refractivity contribution in [3.8, 4) is 0 Å². The van der Waals surface area contributed by atoms with Crippen LogP contribution in [-0.2, 0) is 22.7 Å². The van der Waals surface area contributed by atoms with Crippen molar-refractivity contribution in [3.63, 3.8) is 0 Å². The van der Waals surface area contributed by atoms with Gasteiger partial charge >= 0.3 is 0 Å². The molecule has 110 valence electrons. The third kappa shape index (κ3) is 3.74. The van der Waals surface area contributed by atoms with Gasteiger partial charge in [-0.15, -0.1) is 0 Å². The lowest BCUT2D eigenvalue weighted by Gasteiger charge is -2.34. The first-order valence-corrected chi connectivity index (χ1v) is 6.99. The molecule has 0 radical (unpaired) electrons. The first-order chi connectivity index (χ1) is 9.74. The van der Waals surface area contributed by atoms with Crippen molar-refractivity contribution < 1.29 is 9.53 Å². The summed E-state index contributed by atoms with van der Waals surface area (Å²) in [6.07, 6.45) is 6.80. The molecule has 0 aromatic carbocycles. The number of ether oxygens (including phenoxy) is 1. The third-order valence-corrected chi connectivity index (χ3v) is 3.58. The van der Waals surface area contributed by atoms with E-state index < -0.39 is 0 Å². The van der Waals surface area contributed by atoms with Crippen molar-refractivity contribution in [2.75, 3.05) is 20.7 Å². The summed E-state index contributed by atoms with van der Waals surface area (Å²) in [5.41, 5.74) is 1.03. The van der Waals surface area contributed by atoms with Crippen LogP contribution in [0.25, 0.3) is 0 Å². The highest BCUT2D eigenvalue weighted by molar-refractivity contribution is 5.81. The van der Waals surface area contributed by atoms with E-state index in [-0.39, 0.29) is 11.9 Å². The molecule has 0 bridgehead atoms. The topological polar surface area (TPSA) is 67.4 Å². The van der Waals surface area contributed by atoms with Crippen molar-refractivity contribution in [3.05, 3.63) is 23.8 Å². The molecule has 1 fully saturated rings. The summed E-state index contributed by atoms with van der Waals surface area (Å²) in [5.74, 6) is 0.777. The molecule has 1 aliphatic heterocycles. The molecule has 1 aromatic heterocycles. The van der Waals surface area contributed by atoms with Crippen molar-refractivity contribution in [1.82, 2.24) is 20.2 Å². The highest BCUT2D eigenvalue weighted by Crippen LogP contribution is 2.19. The normalized spacial score (nSPS) is 19.8. The Labute approximate surface area is 119 Å². The Morgan fingerprint density at radius 2 is 2.20 bits per heavy atom. The summed E-state index contributed by atoms with van der Waals surface area (Å²) in [6.45, 7) is 2.08. The molecule has 2 rings (SSSR count). The second-order valence-corrected chi connectivity index (χ2v) is 5.04. The second kappa shape index (κ2) is 7.31. The predicted molar refractivity (Wildman–Crippen MR) is 74.9 cm³/mol. The van der Waals surface area contributed by atoms with Crippen molar-refractivity contribution in [1.29, 1.82) is 0 Å². The van der Waals surface area contributed by atoms with Gasteiger partial charge in [-0.25, -0.2) is 9.97 Å². The van der Waals surface area contributed by atoms with Gasteiger partial charge in [0.2, 0.25) is 5.91 Å². The first kappa shape index (κ1) is 14.9. The van der Waals surface area contributed by atoms with Crippen LogP contribution in [0.5, 0.6) is 0 Å². The largest absolute Gasteiger partial charge is 0.377 e. The van der Waals surface area contributed by atoms with Crippen molar-refractivity contribution in [2.45, 2.75) is 38.5 Å². The van der Waals surface area contributed by atoms with Crippen LogP contribution >= 0.6 is 0 Å². The van der Waals surface area contributed by atoms with Crippen LogP contribution in [0.4, 0.5) is 0 Å². The zero-order chi connectivity index (χ0) is 14.4. The molecule has 1 aliphatic rings. The van der Waals surface area contributed by atoms with Gasteiger partial charge in [-0.3, -0.25) is 9.69 Å².